The second-order valence-corrected chi connectivity index (χ2v) is 5.28. The van der Waals surface area contributed by atoms with Crippen LogP contribution in [0.4, 0.5) is 0 Å². The Labute approximate surface area is 106 Å². The van der Waals surface area contributed by atoms with Gasteiger partial charge in [-0.15, -0.1) is 0 Å². The number of hydrogen-bond donors (Lipinski definition) is 1. The number of carboxylic acids is 1. The van der Waals surface area contributed by atoms with Crippen molar-refractivity contribution in [3.05, 3.63) is 47.8 Å². The van der Waals surface area contributed by atoms with Crippen molar-refractivity contribution < 1.29 is 9.90 Å². The highest BCUT2D eigenvalue weighted by atomic mass is 16.4. The maximum absolute atomic E-state index is 10.8. The van der Waals surface area contributed by atoms with E-state index >= 15 is 0 Å². The summed E-state index contributed by atoms with van der Waals surface area (Å²) in [5, 5.41) is 12.9. The summed E-state index contributed by atoms with van der Waals surface area (Å²) in [6, 6.07) is 7.97. The first-order valence-electron chi connectivity index (χ1n) is 5.77. The van der Waals surface area contributed by atoms with Crippen LogP contribution < -0.4 is 0 Å². The third-order valence-corrected chi connectivity index (χ3v) is 2.83. The Morgan fingerprint density at radius 3 is 2.28 bits per heavy atom. The summed E-state index contributed by atoms with van der Waals surface area (Å²) < 4.78 is 1.57. The fourth-order valence-electron chi connectivity index (χ4n) is 1.69. The first-order valence-corrected chi connectivity index (χ1v) is 5.77. The molecule has 0 atom stereocenters. The third-order valence-electron chi connectivity index (χ3n) is 2.83. The van der Waals surface area contributed by atoms with Gasteiger partial charge in [-0.1, -0.05) is 32.9 Å². The van der Waals surface area contributed by atoms with Crippen molar-refractivity contribution in [2.24, 2.45) is 0 Å². The molecule has 0 unspecified atom stereocenters. The van der Waals surface area contributed by atoms with Gasteiger partial charge < -0.3 is 5.11 Å². The third kappa shape index (κ3) is 2.42. The predicted octanol–water partition coefficient (Wildman–Crippen LogP) is 2.87. The molecule has 0 amide bonds. The van der Waals surface area contributed by atoms with Crippen LogP contribution >= 0.6 is 0 Å². The van der Waals surface area contributed by atoms with Gasteiger partial charge in [0.25, 0.3) is 0 Å². The van der Waals surface area contributed by atoms with Crippen LogP contribution in [0.25, 0.3) is 5.69 Å². The zero-order valence-corrected chi connectivity index (χ0v) is 10.7. The lowest BCUT2D eigenvalue weighted by Crippen LogP contribution is -2.10. The highest BCUT2D eigenvalue weighted by molar-refractivity contribution is 5.86. The number of benzene rings is 1. The molecule has 0 aliphatic heterocycles. The summed E-state index contributed by atoms with van der Waals surface area (Å²) in [6.45, 7) is 6.45. The van der Waals surface area contributed by atoms with Gasteiger partial charge in [0.2, 0.25) is 0 Å². The molecular weight excluding hydrogens is 228 g/mol. The number of aromatic nitrogens is 2. The number of nitrogens with zero attached hydrogens (tertiary/aromatic N) is 2. The van der Waals surface area contributed by atoms with Crippen LogP contribution in [0, 0.1) is 0 Å². The maximum atomic E-state index is 10.8. The second kappa shape index (κ2) is 4.29. The van der Waals surface area contributed by atoms with Gasteiger partial charge in [0.15, 0.2) is 0 Å². The Hall–Kier alpha value is -2.10. The molecule has 0 aliphatic carbocycles. The molecule has 2 rings (SSSR count). The summed E-state index contributed by atoms with van der Waals surface area (Å²) in [5.74, 6) is -0.965. The van der Waals surface area contributed by atoms with Crippen LogP contribution in [-0.4, -0.2) is 20.9 Å². The van der Waals surface area contributed by atoms with Crippen LogP contribution in [0.15, 0.2) is 36.7 Å². The Kier molecular flexibility index (Phi) is 2.95. The molecule has 1 heterocycles. The van der Waals surface area contributed by atoms with E-state index in [1.54, 1.807) is 4.68 Å². The number of carboxylic acid groups (broad SMARTS) is 1. The SMILES string of the molecule is CC(C)(C)c1ccc(-n2cc(C(=O)O)cn2)cc1. The summed E-state index contributed by atoms with van der Waals surface area (Å²) in [6.07, 6.45) is 2.86. The number of hydrogen-bond acceptors (Lipinski definition) is 2. The van der Waals surface area contributed by atoms with Crippen LogP contribution in [-0.2, 0) is 5.41 Å². The Balaban J connectivity index is 2.31. The van der Waals surface area contributed by atoms with Gasteiger partial charge in [-0.3, -0.25) is 0 Å². The first kappa shape index (κ1) is 12.4. The average molecular weight is 244 g/mol. The van der Waals surface area contributed by atoms with Crippen molar-refractivity contribution in [2.75, 3.05) is 0 Å². The average Bonchev–Trinajstić information content (AvgIpc) is 2.77. The standard InChI is InChI=1S/C14H16N2O2/c1-14(2,3)11-4-6-12(7-5-11)16-9-10(8-15-16)13(17)18/h4-9H,1-3H3,(H,17,18). The van der Waals surface area contributed by atoms with Gasteiger partial charge in [0, 0.05) is 6.20 Å². The van der Waals surface area contributed by atoms with Gasteiger partial charge in [0.05, 0.1) is 17.4 Å². The zero-order chi connectivity index (χ0) is 13.3. The molecule has 0 bridgehead atoms. The largest absolute Gasteiger partial charge is 0.478 e. The van der Waals surface area contributed by atoms with Crippen molar-refractivity contribution in [1.29, 1.82) is 0 Å². The number of carbonyl (C=O) groups is 1. The van der Waals surface area contributed by atoms with Gasteiger partial charge in [-0.05, 0) is 23.1 Å². The number of aromatic carboxylic acids is 1. The van der Waals surface area contributed by atoms with Crippen molar-refractivity contribution in [3.8, 4) is 5.69 Å². The normalized spacial score (nSPS) is 11.5. The van der Waals surface area contributed by atoms with Crippen LogP contribution in [0.3, 0.4) is 0 Å². The Morgan fingerprint density at radius 1 is 1.22 bits per heavy atom. The molecule has 0 spiro atoms. The first-order chi connectivity index (χ1) is 8.38. The minimum atomic E-state index is -0.965. The van der Waals surface area contributed by atoms with E-state index in [1.165, 1.54) is 18.0 Å². The molecule has 4 nitrogen and oxygen atoms in total. The molecule has 1 N–H and O–H groups in total. The van der Waals surface area contributed by atoms with Gasteiger partial charge in [-0.2, -0.15) is 5.10 Å². The minimum Gasteiger partial charge on any atom is -0.478 e. The van der Waals surface area contributed by atoms with Crippen LogP contribution in [0.2, 0.25) is 0 Å². The summed E-state index contributed by atoms with van der Waals surface area (Å²) in [5.41, 5.74) is 2.39. The zero-order valence-electron chi connectivity index (χ0n) is 10.7. The molecule has 18 heavy (non-hydrogen) atoms. The van der Waals surface area contributed by atoms with E-state index in [4.69, 9.17) is 5.11 Å². The summed E-state index contributed by atoms with van der Waals surface area (Å²) >= 11 is 0. The van der Waals surface area contributed by atoms with Crippen molar-refractivity contribution in [2.45, 2.75) is 26.2 Å². The lowest BCUT2D eigenvalue weighted by molar-refractivity contribution is 0.0697. The van der Waals surface area contributed by atoms with Crippen molar-refractivity contribution in [3.63, 3.8) is 0 Å². The lowest BCUT2D eigenvalue weighted by atomic mass is 9.87. The molecule has 4 heteroatoms. The smallest absolute Gasteiger partial charge is 0.338 e. The van der Waals surface area contributed by atoms with Crippen molar-refractivity contribution in [1.82, 2.24) is 9.78 Å². The highest BCUT2D eigenvalue weighted by Gasteiger charge is 2.13. The van der Waals surface area contributed by atoms with E-state index in [0.29, 0.717) is 0 Å². The van der Waals surface area contributed by atoms with Gasteiger partial charge in [0.1, 0.15) is 0 Å². The molecule has 0 aliphatic rings. The van der Waals surface area contributed by atoms with E-state index in [0.717, 1.165) is 5.69 Å². The Bertz CT molecular complexity index is 562. The maximum Gasteiger partial charge on any atom is 0.338 e. The molecule has 0 fully saturated rings. The van der Waals surface area contributed by atoms with Crippen LogP contribution in [0.1, 0.15) is 36.7 Å². The van der Waals surface area contributed by atoms with E-state index in [1.807, 2.05) is 24.3 Å². The Morgan fingerprint density at radius 2 is 1.83 bits per heavy atom. The molecule has 94 valence electrons. The van der Waals surface area contributed by atoms with Gasteiger partial charge >= 0.3 is 5.97 Å². The molecular formula is C14H16N2O2. The minimum absolute atomic E-state index is 0.106. The van der Waals surface area contributed by atoms with Crippen LogP contribution in [0.5, 0.6) is 0 Å². The fraction of sp³-hybridized carbons (Fsp3) is 0.286. The molecule has 1 aromatic heterocycles. The fourth-order valence-corrected chi connectivity index (χ4v) is 1.69. The van der Waals surface area contributed by atoms with E-state index in [-0.39, 0.29) is 11.0 Å². The predicted molar refractivity (Wildman–Crippen MR) is 69.2 cm³/mol. The summed E-state index contributed by atoms with van der Waals surface area (Å²) in [7, 11) is 0. The highest BCUT2D eigenvalue weighted by Crippen LogP contribution is 2.23. The van der Waals surface area contributed by atoms with Gasteiger partial charge in [-0.25, -0.2) is 9.48 Å². The summed E-state index contributed by atoms with van der Waals surface area (Å²) in [4.78, 5) is 10.8. The van der Waals surface area contributed by atoms with E-state index in [9.17, 15) is 4.79 Å². The molecule has 0 saturated heterocycles. The quantitative estimate of drug-likeness (QED) is 0.883. The molecule has 0 radical (unpaired) electrons. The number of rotatable bonds is 2. The van der Waals surface area contributed by atoms with E-state index in [2.05, 4.69) is 25.9 Å². The van der Waals surface area contributed by atoms with E-state index < -0.39 is 5.97 Å². The molecule has 0 saturated carbocycles. The topological polar surface area (TPSA) is 55.1 Å². The molecule has 1 aromatic carbocycles. The van der Waals surface area contributed by atoms with Crippen molar-refractivity contribution >= 4 is 5.97 Å². The molecule has 2 aromatic rings. The monoisotopic (exact) mass is 244 g/mol. The lowest BCUT2D eigenvalue weighted by Gasteiger charge is -2.19. The second-order valence-electron chi connectivity index (χ2n) is 5.28.